The van der Waals surface area contributed by atoms with E-state index in [4.69, 9.17) is 4.74 Å². The summed E-state index contributed by atoms with van der Waals surface area (Å²) in [6, 6.07) is 7.36. The Morgan fingerprint density at radius 1 is 1.17 bits per heavy atom. The lowest BCUT2D eigenvalue weighted by atomic mass is 10.1. The number of methoxy groups -OCH3 is 1. The Balaban J connectivity index is 1.69. The molecule has 156 valence electrons. The summed E-state index contributed by atoms with van der Waals surface area (Å²) >= 11 is 0. The van der Waals surface area contributed by atoms with Crippen molar-refractivity contribution >= 4 is 11.4 Å². The van der Waals surface area contributed by atoms with Crippen LogP contribution in [-0.2, 0) is 12.7 Å². The van der Waals surface area contributed by atoms with Crippen LogP contribution >= 0.6 is 0 Å². The Hall–Kier alpha value is -2.88. The van der Waals surface area contributed by atoms with Gasteiger partial charge in [0.2, 0.25) is 0 Å². The third-order valence-corrected chi connectivity index (χ3v) is 4.98. The van der Waals surface area contributed by atoms with Crippen LogP contribution in [0.15, 0.2) is 36.4 Å². The van der Waals surface area contributed by atoms with Gasteiger partial charge in [-0.3, -0.25) is 10.1 Å². The van der Waals surface area contributed by atoms with Crippen LogP contribution in [-0.4, -0.2) is 38.2 Å². The van der Waals surface area contributed by atoms with Crippen LogP contribution in [0.25, 0.3) is 0 Å². The highest BCUT2D eigenvalue weighted by molar-refractivity contribution is 5.64. The first-order valence-corrected chi connectivity index (χ1v) is 8.95. The molecule has 0 radical (unpaired) electrons. The average Bonchev–Trinajstić information content (AvgIpc) is 2.67. The van der Waals surface area contributed by atoms with Gasteiger partial charge in [-0.2, -0.15) is 13.2 Å². The molecule has 1 aliphatic heterocycles. The molecule has 6 nitrogen and oxygen atoms in total. The molecular weight excluding hydrogens is 394 g/mol. The molecule has 0 amide bonds. The van der Waals surface area contributed by atoms with Gasteiger partial charge in [0.15, 0.2) is 11.6 Å². The van der Waals surface area contributed by atoms with E-state index in [9.17, 15) is 27.7 Å². The second-order valence-corrected chi connectivity index (χ2v) is 6.84. The monoisotopic (exact) mass is 414 g/mol. The van der Waals surface area contributed by atoms with E-state index in [-0.39, 0.29) is 11.4 Å². The summed E-state index contributed by atoms with van der Waals surface area (Å²) in [4.78, 5) is 13.4. The number of benzene rings is 2. The van der Waals surface area contributed by atoms with E-state index in [1.54, 1.807) is 17.0 Å². The second-order valence-electron chi connectivity index (χ2n) is 6.84. The number of hydrogen-bond donors (Lipinski definition) is 1. The fourth-order valence-corrected chi connectivity index (χ4v) is 3.46. The minimum Gasteiger partial charge on any atom is -0.494 e. The number of piperazine rings is 1. The minimum atomic E-state index is -4.64. The molecule has 0 aromatic heterocycles. The Bertz CT molecular complexity index is 897. The van der Waals surface area contributed by atoms with E-state index in [1.165, 1.54) is 13.2 Å². The van der Waals surface area contributed by atoms with Crippen LogP contribution in [0.1, 0.15) is 11.1 Å². The van der Waals surface area contributed by atoms with Crippen molar-refractivity contribution in [2.24, 2.45) is 0 Å². The van der Waals surface area contributed by atoms with Crippen LogP contribution in [0.2, 0.25) is 0 Å². The van der Waals surface area contributed by atoms with Crippen LogP contribution in [0.5, 0.6) is 5.75 Å². The Labute approximate surface area is 164 Å². The molecule has 0 saturated carbocycles. The fraction of sp³-hybridized carbons (Fsp3) is 0.368. The number of hydrogen-bond acceptors (Lipinski definition) is 4. The highest BCUT2D eigenvalue weighted by Gasteiger charge is 2.34. The summed E-state index contributed by atoms with van der Waals surface area (Å²) in [5.74, 6) is -0.272. The molecule has 0 aliphatic carbocycles. The first kappa shape index (κ1) is 20.8. The third kappa shape index (κ3) is 4.76. The van der Waals surface area contributed by atoms with Crippen molar-refractivity contribution in [1.82, 2.24) is 0 Å². The molecule has 1 aliphatic rings. The number of nitro benzene ring substituents is 1. The largest absolute Gasteiger partial charge is 0.494 e. The van der Waals surface area contributed by atoms with Crippen LogP contribution in [0.4, 0.5) is 28.9 Å². The lowest BCUT2D eigenvalue weighted by Crippen LogP contribution is -3.13. The third-order valence-electron chi connectivity index (χ3n) is 4.98. The summed E-state index contributed by atoms with van der Waals surface area (Å²) in [6.07, 6.45) is -4.64. The molecule has 1 fully saturated rings. The Morgan fingerprint density at radius 2 is 1.86 bits per heavy atom. The predicted octanol–water partition coefficient (Wildman–Crippen LogP) is 2.67. The number of nitrogens with one attached hydrogen (secondary N) is 1. The zero-order valence-corrected chi connectivity index (χ0v) is 15.6. The molecule has 0 spiro atoms. The maximum Gasteiger partial charge on any atom is 0.416 e. The molecule has 10 heteroatoms. The molecule has 1 saturated heterocycles. The summed E-state index contributed by atoms with van der Waals surface area (Å²) < 4.78 is 57.3. The van der Waals surface area contributed by atoms with Crippen LogP contribution in [0.3, 0.4) is 0 Å². The number of alkyl halides is 3. The normalized spacial score (nSPS) is 15.4. The number of halogens is 4. The van der Waals surface area contributed by atoms with Gasteiger partial charge in [-0.15, -0.1) is 0 Å². The van der Waals surface area contributed by atoms with Crippen LogP contribution in [0, 0.1) is 15.9 Å². The Morgan fingerprint density at radius 3 is 2.41 bits per heavy atom. The quantitative estimate of drug-likeness (QED) is 0.464. The Kier molecular flexibility index (Phi) is 5.92. The highest BCUT2D eigenvalue weighted by Crippen LogP contribution is 2.36. The van der Waals surface area contributed by atoms with E-state index in [2.05, 4.69) is 0 Å². The summed E-state index contributed by atoms with van der Waals surface area (Å²) in [5.41, 5.74) is -0.621. The molecule has 1 N–H and O–H groups in total. The SMILES string of the molecule is COc1ccc(C[NH+]2CCN(c3ccc(C(F)(F)F)cc3[N+](=O)[O-])CC2)cc1F. The fourth-order valence-electron chi connectivity index (χ4n) is 3.46. The lowest BCUT2D eigenvalue weighted by molar-refractivity contribution is -0.914. The minimum absolute atomic E-state index is 0.170. The molecule has 2 aromatic rings. The topological polar surface area (TPSA) is 60.0 Å². The first-order chi connectivity index (χ1) is 13.7. The summed E-state index contributed by atoms with van der Waals surface area (Å²) in [6.45, 7) is 2.70. The molecule has 3 rings (SSSR count). The first-order valence-electron chi connectivity index (χ1n) is 8.95. The maximum absolute atomic E-state index is 13.8. The van der Waals surface area contributed by atoms with Crippen molar-refractivity contribution in [1.29, 1.82) is 0 Å². The average molecular weight is 414 g/mol. The number of quaternary nitrogens is 1. The summed E-state index contributed by atoms with van der Waals surface area (Å²) in [7, 11) is 1.39. The number of anilines is 1. The van der Waals surface area contributed by atoms with E-state index < -0.39 is 28.2 Å². The van der Waals surface area contributed by atoms with Crippen LogP contribution < -0.4 is 14.5 Å². The van der Waals surface area contributed by atoms with Gasteiger partial charge in [0.25, 0.3) is 5.69 Å². The van der Waals surface area contributed by atoms with Gasteiger partial charge in [-0.25, -0.2) is 4.39 Å². The number of ether oxygens (including phenoxy) is 1. The molecule has 29 heavy (non-hydrogen) atoms. The zero-order valence-electron chi connectivity index (χ0n) is 15.6. The van der Waals surface area contributed by atoms with Gasteiger partial charge < -0.3 is 14.5 Å². The van der Waals surface area contributed by atoms with Gasteiger partial charge in [0.05, 0.1) is 43.8 Å². The zero-order chi connectivity index (χ0) is 21.2. The summed E-state index contributed by atoms with van der Waals surface area (Å²) in [5, 5.41) is 11.3. The van der Waals surface area contributed by atoms with E-state index in [0.717, 1.165) is 22.6 Å². The van der Waals surface area contributed by atoms with E-state index in [0.29, 0.717) is 38.8 Å². The highest BCUT2D eigenvalue weighted by atomic mass is 19.4. The van der Waals surface area contributed by atoms with Gasteiger partial charge in [0.1, 0.15) is 12.2 Å². The van der Waals surface area contributed by atoms with E-state index in [1.807, 2.05) is 0 Å². The molecule has 0 atom stereocenters. The maximum atomic E-state index is 13.8. The van der Waals surface area contributed by atoms with E-state index >= 15 is 0 Å². The van der Waals surface area contributed by atoms with Gasteiger partial charge in [0, 0.05) is 11.6 Å². The van der Waals surface area contributed by atoms with Crippen molar-refractivity contribution in [2.75, 3.05) is 38.2 Å². The number of nitrogens with zero attached hydrogens (tertiary/aromatic N) is 2. The van der Waals surface area contributed by atoms with Crippen molar-refractivity contribution in [3.8, 4) is 5.75 Å². The van der Waals surface area contributed by atoms with Crippen molar-refractivity contribution < 1.29 is 32.1 Å². The predicted molar refractivity (Wildman–Crippen MR) is 97.7 cm³/mol. The molecule has 2 aromatic carbocycles. The number of nitro groups is 1. The number of rotatable bonds is 5. The van der Waals surface area contributed by atoms with Crippen molar-refractivity contribution in [3.63, 3.8) is 0 Å². The van der Waals surface area contributed by atoms with Crippen molar-refractivity contribution in [2.45, 2.75) is 12.7 Å². The van der Waals surface area contributed by atoms with Gasteiger partial charge >= 0.3 is 6.18 Å². The lowest BCUT2D eigenvalue weighted by Gasteiger charge is -2.33. The molecule has 1 heterocycles. The van der Waals surface area contributed by atoms with Gasteiger partial charge in [-0.1, -0.05) is 0 Å². The van der Waals surface area contributed by atoms with Crippen molar-refractivity contribution in [3.05, 3.63) is 63.5 Å². The molecular formula is C19H20F4N3O3+. The van der Waals surface area contributed by atoms with Gasteiger partial charge in [-0.05, 0) is 30.3 Å². The standard InChI is InChI=1S/C19H19F4N3O3/c1-29-18-5-2-13(10-15(18)20)12-24-6-8-25(9-7-24)16-4-3-14(19(21,22)23)11-17(16)26(27)28/h2-5,10-11H,6-9,12H2,1H3/p+1. The molecule has 0 bridgehead atoms. The smallest absolute Gasteiger partial charge is 0.416 e. The second kappa shape index (κ2) is 8.24. The molecule has 0 unspecified atom stereocenters.